The fraction of sp³-hybridized carbons (Fsp3) is 0.429. The Kier molecular flexibility index (Phi) is 3.81. The van der Waals surface area contributed by atoms with Crippen LogP contribution in [0.25, 0.3) is 0 Å². The van der Waals surface area contributed by atoms with E-state index in [1.54, 1.807) is 18.6 Å². The number of likely N-dealkylation sites (tertiary alicyclic amines) is 1. The Bertz CT molecular complexity index is 604. The molecule has 0 radical (unpaired) electrons. The molecule has 0 spiro atoms. The van der Waals surface area contributed by atoms with Crippen molar-refractivity contribution in [1.29, 1.82) is 0 Å². The van der Waals surface area contributed by atoms with Crippen molar-refractivity contribution in [3.63, 3.8) is 0 Å². The van der Waals surface area contributed by atoms with Crippen LogP contribution < -0.4 is 5.32 Å². The molecule has 0 unspecified atom stereocenters. The number of nitrogens with one attached hydrogen (secondary N) is 2. The number of aromatic nitrogens is 4. The summed E-state index contributed by atoms with van der Waals surface area (Å²) < 4.78 is 0. The maximum Gasteiger partial charge on any atom is 0.271 e. The Morgan fingerprint density at radius 3 is 2.86 bits per heavy atom. The molecule has 0 aliphatic carbocycles. The lowest BCUT2D eigenvalue weighted by Crippen LogP contribution is -2.42. The van der Waals surface area contributed by atoms with Crippen LogP contribution in [0.2, 0.25) is 0 Å². The Balaban J connectivity index is 1.54. The maximum absolute atomic E-state index is 12.2. The molecule has 7 heteroatoms. The summed E-state index contributed by atoms with van der Waals surface area (Å²) in [5.74, 6) is 0.865. The molecule has 3 rings (SSSR count). The van der Waals surface area contributed by atoms with Gasteiger partial charge in [-0.05, 0) is 25.8 Å². The lowest BCUT2D eigenvalue weighted by molar-refractivity contribution is 0.0712. The van der Waals surface area contributed by atoms with Gasteiger partial charge < -0.3 is 10.2 Å². The van der Waals surface area contributed by atoms with Crippen LogP contribution in [-0.2, 0) is 0 Å². The first kappa shape index (κ1) is 13.5. The predicted octanol–water partition coefficient (Wildman–Crippen LogP) is 1.22. The first-order valence-electron chi connectivity index (χ1n) is 7.06. The summed E-state index contributed by atoms with van der Waals surface area (Å²) in [6, 6.07) is 3.98. The van der Waals surface area contributed by atoms with Crippen LogP contribution >= 0.6 is 0 Å². The van der Waals surface area contributed by atoms with Crippen molar-refractivity contribution >= 4 is 11.7 Å². The number of hydrogen-bond acceptors (Lipinski definition) is 5. The molecule has 0 atom stereocenters. The van der Waals surface area contributed by atoms with Gasteiger partial charge in [0.15, 0.2) is 0 Å². The second-order valence-electron chi connectivity index (χ2n) is 5.23. The Hall–Kier alpha value is -2.44. The summed E-state index contributed by atoms with van der Waals surface area (Å²) in [5.41, 5.74) is 1.49. The molecule has 2 aromatic rings. The third kappa shape index (κ3) is 3.18. The number of rotatable bonds is 3. The highest BCUT2D eigenvalue weighted by molar-refractivity contribution is 5.92. The molecule has 21 heavy (non-hydrogen) atoms. The van der Waals surface area contributed by atoms with E-state index in [1.807, 2.05) is 17.9 Å². The summed E-state index contributed by atoms with van der Waals surface area (Å²) in [4.78, 5) is 22.3. The number of carbonyl (C=O) groups is 1. The van der Waals surface area contributed by atoms with Crippen LogP contribution in [0.1, 0.15) is 29.0 Å². The van der Waals surface area contributed by atoms with Crippen molar-refractivity contribution in [3.8, 4) is 0 Å². The molecule has 1 aliphatic heterocycles. The summed E-state index contributed by atoms with van der Waals surface area (Å²) in [5, 5.41) is 9.94. The van der Waals surface area contributed by atoms with E-state index in [4.69, 9.17) is 0 Å². The second-order valence-corrected chi connectivity index (χ2v) is 5.23. The minimum absolute atomic E-state index is 0.0174. The third-order valence-corrected chi connectivity index (χ3v) is 3.67. The highest BCUT2D eigenvalue weighted by Gasteiger charge is 2.24. The van der Waals surface area contributed by atoms with Crippen LogP contribution in [0.4, 0.5) is 5.82 Å². The predicted molar refractivity (Wildman–Crippen MR) is 77.9 cm³/mol. The topological polar surface area (TPSA) is 86.8 Å². The van der Waals surface area contributed by atoms with Gasteiger partial charge in [-0.25, -0.2) is 9.97 Å². The molecule has 1 amide bonds. The lowest BCUT2D eigenvalue weighted by Gasteiger charge is -2.32. The normalized spacial score (nSPS) is 16.0. The molecular weight excluding hydrogens is 268 g/mol. The number of aryl methyl sites for hydroxylation is 1. The van der Waals surface area contributed by atoms with Crippen molar-refractivity contribution in [2.24, 2.45) is 0 Å². The molecule has 0 aromatic carbocycles. The van der Waals surface area contributed by atoms with Crippen LogP contribution in [-0.4, -0.2) is 50.1 Å². The number of piperidine rings is 1. The van der Waals surface area contributed by atoms with E-state index in [2.05, 4.69) is 25.5 Å². The number of anilines is 1. The fourth-order valence-corrected chi connectivity index (χ4v) is 2.51. The maximum atomic E-state index is 12.2. The Morgan fingerprint density at radius 2 is 2.19 bits per heavy atom. The minimum Gasteiger partial charge on any atom is -0.367 e. The lowest BCUT2D eigenvalue weighted by atomic mass is 10.0. The van der Waals surface area contributed by atoms with E-state index < -0.39 is 0 Å². The first-order valence-corrected chi connectivity index (χ1v) is 7.06. The molecule has 0 bridgehead atoms. The molecule has 1 aliphatic rings. The highest BCUT2D eigenvalue weighted by Crippen LogP contribution is 2.16. The van der Waals surface area contributed by atoms with Gasteiger partial charge in [0.05, 0.1) is 0 Å². The van der Waals surface area contributed by atoms with Gasteiger partial charge in [-0.2, -0.15) is 5.10 Å². The van der Waals surface area contributed by atoms with Crippen molar-refractivity contribution in [2.45, 2.75) is 25.8 Å². The molecule has 1 saturated heterocycles. The van der Waals surface area contributed by atoms with Gasteiger partial charge >= 0.3 is 0 Å². The summed E-state index contributed by atoms with van der Waals surface area (Å²) in [7, 11) is 0. The molecule has 2 aromatic heterocycles. The van der Waals surface area contributed by atoms with Crippen LogP contribution in [0.3, 0.4) is 0 Å². The number of hydrogen-bond donors (Lipinski definition) is 2. The molecule has 7 nitrogen and oxygen atoms in total. The SMILES string of the molecule is Cc1cc(NC2CCN(C(=O)c3ccn[nH]3)CC2)ncn1. The molecule has 0 saturated carbocycles. The van der Waals surface area contributed by atoms with Crippen molar-refractivity contribution < 1.29 is 4.79 Å². The van der Waals surface area contributed by atoms with Gasteiger partial charge in [0.1, 0.15) is 17.8 Å². The summed E-state index contributed by atoms with van der Waals surface area (Å²) in [6.07, 6.45) is 4.97. The highest BCUT2D eigenvalue weighted by atomic mass is 16.2. The largest absolute Gasteiger partial charge is 0.367 e. The van der Waals surface area contributed by atoms with Crippen molar-refractivity contribution in [2.75, 3.05) is 18.4 Å². The van der Waals surface area contributed by atoms with Gasteiger partial charge in [0.2, 0.25) is 0 Å². The fourth-order valence-electron chi connectivity index (χ4n) is 2.51. The van der Waals surface area contributed by atoms with Gasteiger partial charge in [-0.15, -0.1) is 0 Å². The number of amides is 1. The quantitative estimate of drug-likeness (QED) is 0.886. The van der Waals surface area contributed by atoms with Gasteiger partial charge in [-0.3, -0.25) is 9.89 Å². The van der Waals surface area contributed by atoms with Crippen LogP contribution in [0.5, 0.6) is 0 Å². The third-order valence-electron chi connectivity index (χ3n) is 3.67. The zero-order valence-corrected chi connectivity index (χ0v) is 11.9. The van der Waals surface area contributed by atoms with Crippen LogP contribution in [0.15, 0.2) is 24.7 Å². The van der Waals surface area contributed by atoms with Gasteiger partial charge in [0, 0.05) is 37.1 Å². The molecule has 110 valence electrons. The summed E-state index contributed by atoms with van der Waals surface area (Å²) >= 11 is 0. The smallest absolute Gasteiger partial charge is 0.271 e. The number of nitrogens with zero attached hydrogens (tertiary/aromatic N) is 4. The zero-order valence-electron chi connectivity index (χ0n) is 11.9. The van der Waals surface area contributed by atoms with Gasteiger partial charge in [-0.1, -0.05) is 0 Å². The zero-order chi connectivity index (χ0) is 14.7. The standard InChI is InChI=1S/C14H18N6O/c1-10-8-13(16-9-15-10)18-11-3-6-20(7-4-11)14(21)12-2-5-17-19-12/h2,5,8-9,11H,3-4,6-7H2,1H3,(H,17,19)(H,15,16,18). The van der Waals surface area contributed by atoms with E-state index in [9.17, 15) is 4.79 Å². The number of aromatic amines is 1. The molecule has 3 heterocycles. The molecule has 1 fully saturated rings. The number of H-pyrrole nitrogens is 1. The molecule has 2 N–H and O–H groups in total. The Morgan fingerprint density at radius 1 is 1.38 bits per heavy atom. The van der Waals surface area contributed by atoms with E-state index in [0.29, 0.717) is 11.7 Å². The van der Waals surface area contributed by atoms with Crippen molar-refractivity contribution in [3.05, 3.63) is 36.0 Å². The summed E-state index contributed by atoms with van der Waals surface area (Å²) in [6.45, 7) is 3.41. The van der Waals surface area contributed by atoms with Crippen molar-refractivity contribution in [1.82, 2.24) is 25.1 Å². The first-order chi connectivity index (χ1) is 10.2. The van der Waals surface area contributed by atoms with E-state index in [-0.39, 0.29) is 5.91 Å². The van der Waals surface area contributed by atoms with Crippen LogP contribution in [0, 0.1) is 6.92 Å². The number of carbonyl (C=O) groups excluding carboxylic acids is 1. The minimum atomic E-state index is 0.0174. The van der Waals surface area contributed by atoms with E-state index in [0.717, 1.165) is 37.4 Å². The molecular formula is C14H18N6O. The average molecular weight is 286 g/mol. The second kappa shape index (κ2) is 5.90. The average Bonchev–Trinajstić information content (AvgIpc) is 3.01. The van der Waals surface area contributed by atoms with Gasteiger partial charge in [0.25, 0.3) is 5.91 Å². The van der Waals surface area contributed by atoms with E-state index >= 15 is 0 Å². The van der Waals surface area contributed by atoms with E-state index in [1.165, 1.54) is 0 Å². The Labute approximate surface area is 122 Å². The monoisotopic (exact) mass is 286 g/mol.